The Labute approximate surface area is 121 Å². The molecule has 20 heavy (non-hydrogen) atoms. The van der Waals surface area contributed by atoms with Gasteiger partial charge in [0.25, 0.3) is 0 Å². The van der Waals surface area contributed by atoms with Crippen LogP contribution in [-0.4, -0.2) is 21.6 Å². The third-order valence-corrected chi connectivity index (χ3v) is 4.54. The monoisotopic (exact) mass is 277 g/mol. The van der Waals surface area contributed by atoms with Gasteiger partial charge in [0, 0.05) is 24.2 Å². The topological polar surface area (TPSA) is 60.9 Å². The number of ketones is 1. The lowest BCUT2D eigenvalue weighted by molar-refractivity contribution is -0.123. The molecule has 1 fully saturated rings. The summed E-state index contributed by atoms with van der Waals surface area (Å²) >= 11 is 0. The zero-order valence-electron chi connectivity index (χ0n) is 12.7. The quantitative estimate of drug-likeness (QED) is 0.842. The molecule has 0 radical (unpaired) electrons. The highest BCUT2D eigenvalue weighted by Crippen LogP contribution is 2.24. The molecule has 2 rings (SSSR count). The maximum absolute atomic E-state index is 12.5. The van der Waals surface area contributed by atoms with Gasteiger partial charge in [0.15, 0.2) is 0 Å². The van der Waals surface area contributed by atoms with Crippen LogP contribution in [0.5, 0.6) is 0 Å². The molecule has 3 atom stereocenters. The lowest BCUT2D eigenvalue weighted by Gasteiger charge is -2.19. The van der Waals surface area contributed by atoms with Gasteiger partial charge in [-0.2, -0.15) is 5.10 Å². The number of hydrogen-bond donors (Lipinski definition) is 1. The summed E-state index contributed by atoms with van der Waals surface area (Å²) in [4.78, 5) is 12.5. The summed E-state index contributed by atoms with van der Waals surface area (Å²) in [5, 5.41) is 4.52. The molecule has 4 heteroatoms. The second-order valence-corrected chi connectivity index (χ2v) is 6.10. The minimum Gasteiger partial charge on any atom is -0.327 e. The van der Waals surface area contributed by atoms with Crippen molar-refractivity contribution in [2.75, 3.05) is 0 Å². The molecule has 0 aromatic carbocycles. The standard InChI is InChI=1S/C16H27N3O/c1-3-12(2)19-10-9-13(18-19)11-16(20)14-7-5-4-6-8-15(14)17/h9-10,12,14-15H,3-8,11,17H2,1-2H3. The van der Waals surface area contributed by atoms with Crippen LogP contribution in [0.2, 0.25) is 0 Å². The largest absolute Gasteiger partial charge is 0.327 e. The van der Waals surface area contributed by atoms with Gasteiger partial charge < -0.3 is 5.73 Å². The highest BCUT2D eigenvalue weighted by atomic mass is 16.1. The molecule has 0 amide bonds. The third-order valence-electron chi connectivity index (χ3n) is 4.54. The van der Waals surface area contributed by atoms with Crippen molar-refractivity contribution in [2.45, 2.75) is 70.9 Å². The molecule has 1 saturated carbocycles. The van der Waals surface area contributed by atoms with Crippen molar-refractivity contribution in [3.05, 3.63) is 18.0 Å². The first-order valence-electron chi connectivity index (χ1n) is 7.94. The molecule has 0 saturated heterocycles. The number of nitrogens with zero attached hydrogens (tertiary/aromatic N) is 2. The molecule has 1 aromatic rings. The Balaban J connectivity index is 1.98. The molecule has 1 aliphatic carbocycles. The predicted octanol–water partition coefficient (Wildman–Crippen LogP) is 2.87. The zero-order chi connectivity index (χ0) is 14.5. The minimum atomic E-state index is 0.0336. The number of hydrogen-bond acceptors (Lipinski definition) is 3. The fraction of sp³-hybridized carbons (Fsp3) is 0.750. The van der Waals surface area contributed by atoms with E-state index in [9.17, 15) is 4.79 Å². The first kappa shape index (κ1) is 15.2. The Kier molecular flexibility index (Phi) is 5.35. The number of carbonyl (C=O) groups is 1. The number of aromatic nitrogens is 2. The number of carbonyl (C=O) groups excluding carboxylic acids is 1. The summed E-state index contributed by atoms with van der Waals surface area (Å²) in [6, 6.07) is 2.40. The summed E-state index contributed by atoms with van der Waals surface area (Å²) in [5.74, 6) is 0.306. The van der Waals surface area contributed by atoms with Crippen LogP contribution in [0.3, 0.4) is 0 Å². The fourth-order valence-corrected chi connectivity index (χ4v) is 2.95. The SMILES string of the molecule is CCC(C)n1ccc(CC(=O)C2CCCCCC2N)n1. The van der Waals surface area contributed by atoms with E-state index in [0.717, 1.165) is 37.8 Å². The molecule has 0 aliphatic heterocycles. The Morgan fingerprint density at radius 2 is 2.20 bits per heavy atom. The summed E-state index contributed by atoms with van der Waals surface area (Å²) < 4.78 is 1.95. The van der Waals surface area contributed by atoms with Crippen molar-refractivity contribution in [3.8, 4) is 0 Å². The van der Waals surface area contributed by atoms with Crippen LogP contribution in [-0.2, 0) is 11.2 Å². The minimum absolute atomic E-state index is 0.0336. The van der Waals surface area contributed by atoms with Crippen LogP contribution in [0.4, 0.5) is 0 Å². The molecule has 112 valence electrons. The molecule has 0 spiro atoms. The van der Waals surface area contributed by atoms with E-state index in [0.29, 0.717) is 12.5 Å². The zero-order valence-corrected chi connectivity index (χ0v) is 12.7. The second kappa shape index (κ2) is 7.02. The predicted molar refractivity (Wildman–Crippen MR) is 80.5 cm³/mol. The van der Waals surface area contributed by atoms with Crippen LogP contribution in [0.1, 0.15) is 64.1 Å². The van der Waals surface area contributed by atoms with Crippen LogP contribution >= 0.6 is 0 Å². The van der Waals surface area contributed by atoms with E-state index in [2.05, 4.69) is 18.9 Å². The van der Waals surface area contributed by atoms with E-state index in [1.165, 1.54) is 6.42 Å². The summed E-state index contributed by atoms with van der Waals surface area (Å²) in [7, 11) is 0. The Bertz CT molecular complexity index is 441. The first-order chi connectivity index (χ1) is 9.61. The van der Waals surface area contributed by atoms with E-state index in [1.54, 1.807) is 0 Å². The second-order valence-electron chi connectivity index (χ2n) is 6.10. The van der Waals surface area contributed by atoms with Crippen molar-refractivity contribution in [1.82, 2.24) is 9.78 Å². The van der Waals surface area contributed by atoms with Crippen LogP contribution < -0.4 is 5.73 Å². The Morgan fingerprint density at radius 1 is 1.45 bits per heavy atom. The van der Waals surface area contributed by atoms with E-state index in [1.807, 2.05) is 16.9 Å². The Hall–Kier alpha value is -1.16. The van der Waals surface area contributed by atoms with Gasteiger partial charge in [-0.1, -0.05) is 26.2 Å². The average molecular weight is 277 g/mol. The van der Waals surface area contributed by atoms with E-state index >= 15 is 0 Å². The van der Waals surface area contributed by atoms with Gasteiger partial charge in [-0.25, -0.2) is 0 Å². The van der Waals surface area contributed by atoms with Gasteiger partial charge in [0.05, 0.1) is 12.1 Å². The van der Waals surface area contributed by atoms with Crippen molar-refractivity contribution < 1.29 is 4.79 Å². The van der Waals surface area contributed by atoms with Gasteiger partial charge >= 0.3 is 0 Å². The van der Waals surface area contributed by atoms with Gasteiger partial charge in [0.2, 0.25) is 0 Å². The summed E-state index contributed by atoms with van der Waals surface area (Å²) in [5.41, 5.74) is 7.04. The Morgan fingerprint density at radius 3 is 2.95 bits per heavy atom. The molecule has 0 bridgehead atoms. The first-order valence-corrected chi connectivity index (χ1v) is 7.94. The highest BCUT2D eigenvalue weighted by molar-refractivity contribution is 5.83. The molecule has 4 nitrogen and oxygen atoms in total. The fourth-order valence-electron chi connectivity index (χ4n) is 2.95. The van der Waals surface area contributed by atoms with E-state index in [4.69, 9.17) is 5.73 Å². The average Bonchev–Trinajstić information content (AvgIpc) is 2.79. The van der Waals surface area contributed by atoms with Gasteiger partial charge in [0.1, 0.15) is 5.78 Å². The molecule has 3 unspecified atom stereocenters. The maximum Gasteiger partial charge on any atom is 0.143 e. The van der Waals surface area contributed by atoms with Gasteiger partial charge in [-0.3, -0.25) is 9.48 Å². The molecular weight excluding hydrogens is 250 g/mol. The van der Waals surface area contributed by atoms with Crippen molar-refractivity contribution >= 4 is 5.78 Å². The molecule has 1 heterocycles. The highest BCUT2D eigenvalue weighted by Gasteiger charge is 2.27. The van der Waals surface area contributed by atoms with Crippen molar-refractivity contribution in [2.24, 2.45) is 11.7 Å². The number of Topliss-reactive ketones (excluding diaryl/α,β-unsaturated/α-hetero) is 1. The van der Waals surface area contributed by atoms with Crippen molar-refractivity contribution in [1.29, 1.82) is 0 Å². The van der Waals surface area contributed by atoms with Crippen LogP contribution in [0.15, 0.2) is 12.3 Å². The lowest BCUT2D eigenvalue weighted by atomic mass is 9.89. The van der Waals surface area contributed by atoms with Crippen LogP contribution in [0, 0.1) is 5.92 Å². The maximum atomic E-state index is 12.5. The van der Waals surface area contributed by atoms with E-state index < -0.39 is 0 Å². The number of nitrogens with two attached hydrogens (primary N) is 1. The van der Waals surface area contributed by atoms with Gasteiger partial charge in [-0.15, -0.1) is 0 Å². The van der Waals surface area contributed by atoms with Crippen LogP contribution in [0.25, 0.3) is 0 Å². The molecule has 2 N–H and O–H groups in total. The lowest BCUT2D eigenvalue weighted by Crippen LogP contribution is -2.35. The molecule has 1 aromatic heterocycles. The third kappa shape index (κ3) is 3.69. The molecule has 1 aliphatic rings. The molecular formula is C16H27N3O. The van der Waals surface area contributed by atoms with Crippen molar-refractivity contribution in [3.63, 3.8) is 0 Å². The van der Waals surface area contributed by atoms with E-state index in [-0.39, 0.29) is 17.7 Å². The van der Waals surface area contributed by atoms with Gasteiger partial charge in [-0.05, 0) is 32.3 Å². The normalized spacial score (nSPS) is 25.1. The summed E-state index contributed by atoms with van der Waals surface area (Å²) in [6.07, 6.45) is 8.89. The number of rotatable bonds is 5. The summed E-state index contributed by atoms with van der Waals surface area (Å²) in [6.45, 7) is 4.28. The smallest absolute Gasteiger partial charge is 0.143 e.